The molecule has 7 fully saturated rings. The minimum atomic E-state index is -1.94. The summed E-state index contributed by atoms with van der Waals surface area (Å²) in [6, 6.07) is -0.440. The fourth-order valence-corrected chi connectivity index (χ4v) is 10.8. The normalized spacial score (nSPS) is 46.3. The van der Waals surface area contributed by atoms with E-state index in [0.29, 0.717) is 61.7 Å². The molecule has 0 radical (unpaired) electrons. The van der Waals surface area contributed by atoms with Crippen LogP contribution in [0.3, 0.4) is 0 Å². The Morgan fingerprint density at radius 2 is 1.93 bits per heavy atom. The van der Waals surface area contributed by atoms with E-state index in [1.165, 1.54) is 36.2 Å². The average Bonchev–Trinajstić information content (AvgIpc) is 3.70. The first kappa shape index (κ1) is 28.5. The van der Waals surface area contributed by atoms with Crippen molar-refractivity contribution in [1.29, 1.82) is 0 Å². The van der Waals surface area contributed by atoms with Crippen molar-refractivity contribution in [2.45, 2.75) is 120 Å². The van der Waals surface area contributed by atoms with E-state index in [0.717, 1.165) is 45.1 Å². The van der Waals surface area contributed by atoms with Gasteiger partial charge in [0.15, 0.2) is 0 Å². The Bertz CT molecular complexity index is 1220. The third-order valence-corrected chi connectivity index (χ3v) is 12.8. The molecule has 0 aromatic heterocycles. The maximum absolute atomic E-state index is 14.3. The third kappa shape index (κ3) is 4.29. The van der Waals surface area contributed by atoms with Gasteiger partial charge in [0.05, 0.1) is 5.92 Å². The summed E-state index contributed by atoms with van der Waals surface area (Å²) in [4.78, 5) is 47.5. The van der Waals surface area contributed by atoms with Crippen molar-refractivity contribution in [3.05, 3.63) is 11.6 Å². The highest BCUT2D eigenvalue weighted by Gasteiger charge is 2.70. The minimum Gasteiger partial charge on any atom is -0.347 e. The molecule has 0 spiro atoms. The number of nitrogens with zero attached hydrogens (tertiary/aromatic N) is 3. The van der Waals surface area contributed by atoms with Gasteiger partial charge in [-0.05, 0) is 82.7 Å². The molecule has 3 N–H and O–H groups in total. The molecule has 8 aliphatic rings. The number of aliphatic hydroxyl groups is 1. The van der Waals surface area contributed by atoms with E-state index in [2.05, 4.69) is 28.7 Å². The Morgan fingerprint density at radius 3 is 2.74 bits per heavy atom. The Morgan fingerprint density at radius 1 is 1.12 bits per heavy atom. The average molecular weight is 596 g/mol. The monoisotopic (exact) mass is 595 g/mol. The zero-order valence-corrected chi connectivity index (χ0v) is 25.8. The molecular formula is C33H49N5O5. The molecule has 6 unspecified atom stereocenters. The molecule has 5 heterocycles. The molecular weight excluding hydrogens is 546 g/mol. The molecule has 0 aromatic rings. The van der Waals surface area contributed by atoms with Gasteiger partial charge in [0, 0.05) is 25.2 Å². The number of amides is 3. The van der Waals surface area contributed by atoms with E-state index in [9.17, 15) is 19.5 Å². The topological polar surface area (TPSA) is 114 Å². The van der Waals surface area contributed by atoms with E-state index < -0.39 is 35.5 Å². The van der Waals surface area contributed by atoms with Crippen LogP contribution in [0.25, 0.3) is 0 Å². The van der Waals surface area contributed by atoms with Crippen LogP contribution in [0.5, 0.6) is 0 Å². The van der Waals surface area contributed by atoms with Crippen LogP contribution in [0.4, 0.5) is 0 Å². The van der Waals surface area contributed by atoms with Gasteiger partial charge < -0.3 is 20.6 Å². The number of hydrogen-bond acceptors (Lipinski definition) is 7. The summed E-state index contributed by atoms with van der Waals surface area (Å²) < 4.78 is 6.32. The zero-order valence-electron chi connectivity index (χ0n) is 25.8. The van der Waals surface area contributed by atoms with Crippen LogP contribution in [-0.2, 0) is 19.1 Å². The van der Waals surface area contributed by atoms with Crippen LogP contribution in [0.2, 0.25) is 0 Å². The van der Waals surface area contributed by atoms with Crippen molar-refractivity contribution in [2.75, 3.05) is 26.7 Å². The van der Waals surface area contributed by atoms with Crippen molar-refractivity contribution in [2.24, 2.45) is 29.6 Å². The largest absolute Gasteiger partial charge is 0.347 e. The predicted molar refractivity (Wildman–Crippen MR) is 158 cm³/mol. The lowest BCUT2D eigenvalue weighted by atomic mass is 9.60. The number of nitrogens with one attached hydrogen (secondary N) is 2. The molecule has 0 aromatic carbocycles. The fourth-order valence-electron chi connectivity index (χ4n) is 10.8. The van der Waals surface area contributed by atoms with Gasteiger partial charge in [-0.15, -0.1) is 0 Å². The van der Waals surface area contributed by atoms with Gasteiger partial charge in [-0.2, -0.15) is 0 Å². The molecule has 8 rings (SSSR count). The molecule has 5 aliphatic heterocycles. The van der Waals surface area contributed by atoms with Gasteiger partial charge in [-0.25, -0.2) is 0 Å². The number of carbonyl (C=O) groups excluding carboxylic acids is 3. The van der Waals surface area contributed by atoms with Crippen molar-refractivity contribution >= 4 is 17.7 Å². The Hall–Kier alpha value is -2.01. The van der Waals surface area contributed by atoms with Crippen LogP contribution >= 0.6 is 0 Å². The lowest BCUT2D eigenvalue weighted by Gasteiger charge is -2.50. The van der Waals surface area contributed by atoms with Gasteiger partial charge in [0.25, 0.3) is 11.8 Å². The summed E-state index contributed by atoms with van der Waals surface area (Å²) in [5.74, 6) is -1.01. The number of ether oxygens (including phenoxy) is 1. The first-order valence-electron chi connectivity index (χ1n) is 17.2. The highest BCUT2D eigenvalue weighted by molar-refractivity contribution is 5.97. The summed E-state index contributed by atoms with van der Waals surface area (Å²) in [6.07, 6.45) is 14.4. The van der Waals surface area contributed by atoms with E-state index in [1.54, 1.807) is 11.8 Å². The summed E-state index contributed by atoms with van der Waals surface area (Å²) in [6.45, 7) is 3.81. The SMILES string of the molecule is CN1C[C@H](C(=O)N[C@]2(C)OC3(O)[C@@H]4CCCN4C(=O)C(CC4CCCCC4)N3C2=O)C=C2C3CCCC4NCC(C[C@H]21)C43. The second kappa shape index (κ2) is 10.3. The number of rotatable bonds is 4. The zero-order chi connectivity index (χ0) is 29.7. The van der Waals surface area contributed by atoms with E-state index in [1.807, 2.05) is 0 Å². The van der Waals surface area contributed by atoms with Gasteiger partial charge in [0.2, 0.25) is 17.5 Å². The molecule has 3 saturated carbocycles. The lowest BCUT2D eigenvalue weighted by molar-refractivity contribution is -0.316. The number of fused-ring (bicyclic) bond motifs is 5. The first-order chi connectivity index (χ1) is 20.7. The van der Waals surface area contributed by atoms with Crippen molar-refractivity contribution in [1.82, 2.24) is 25.3 Å². The maximum Gasteiger partial charge on any atom is 0.280 e. The standard InChI is InChI=1S/C33H49N5O5/c1-32(35-29(39)21-15-23-22-10-6-11-24-28(22)20(17-34-24)16-25(23)36(2)18-21)31(41)38-26(14-19-8-4-3-5-9-19)30(40)37-13-7-12-27(37)33(38,42)43-32/h15,19-22,24-28,34,42H,3-14,16-18H2,1-2H3,(H,35,39)/t20?,21-,22?,24?,25-,26?,27+,28?,32-,33?/m1/s1. The highest BCUT2D eigenvalue weighted by Crippen LogP contribution is 2.52. The summed E-state index contributed by atoms with van der Waals surface area (Å²) >= 11 is 0. The van der Waals surface area contributed by atoms with Crippen LogP contribution in [0.15, 0.2) is 11.6 Å². The Kier molecular flexibility index (Phi) is 6.79. The van der Waals surface area contributed by atoms with E-state index in [4.69, 9.17) is 4.74 Å². The minimum absolute atomic E-state index is 0.0854. The molecule has 3 amide bonds. The second-order valence-corrected chi connectivity index (χ2v) is 15.3. The molecule has 10 nitrogen and oxygen atoms in total. The van der Waals surface area contributed by atoms with Crippen LogP contribution < -0.4 is 10.6 Å². The molecule has 4 saturated heterocycles. The van der Waals surface area contributed by atoms with Crippen LogP contribution in [-0.4, -0.2) is 100 Å². The quantitative estimate of drug-likeness (QED) is 0.426. The molecule has 236 valence electrons. The predicted octanol–water partition coefficient (Wildman–Crippen LogP) is 1.93. The number of likely N-dealkylation sites (N-methyl/N-ethyl adjacent to an activating group) is 1. The number of hydrogen-bond donors (Lipinski definition) is 3. The summed E-state index contributed by atoms with van der Waals surface area (Å²) in [5.41, 5.74) is -0.338. The fraction of sp³-hybridized carbons (Fsp3) is 0.848. The third-order valence-electron chi connectivity index (χ3n) is 12.8. The van der Waals surface area contributed by atoms with Gasteiger partial charge in [-0.3, -0.25) is 28.9 Å². The highest BCUT2D eigenvalue weighted by atomic mass is 16.7. The van der Waals surface area contributed by atoms with Crippen molar-refractivity contribution < 1.29 is 24.2 Å². The molecule has 43 heavy (non-hydrogen) atoms. The summed E-state index contributed by atoms with van der Waals surface area (Å²) in [5, 5.41) is 18.9. The van der Waals surface area contributed by atoms with Gasteiger partial charge >= 0.3 is 0 Å². The number of carbonyl (C=O) groups is 3. The smallest absolute Gasteiger partial charge is 0.280 e. The van der Waals surface area contributed by atoms with Crippen molar-refractivity contribution in [3.8, 4) is 0 Å². The van der Waals surface area contributed by atoms with E-state index in [-0.39, 0.29) is 11.8 Å². The van der Waals surface area contributed by atoms with E-state index >= 15 is 0 Å². The molecule has 10 atom stereocenters. The first-order valence-corrected chi connectivity index (χ1v) is 17.2. The maximum atomic E-state index is 14.3. The Labute approximate surface area is 254 Å². The molecule has 0 bridgehead atoms. The second-order valence-electron chi connectivity index (χ2n) is 15.3. The molecule has 10 heteroatoms. The lowest BCUT2D eigenvalue weighted by Crippen LogP contribution is -2.71. The Balaban J connectivity index is 1.06. The number of piperazine rings is 1. The van der Waals surface area contributed by atoms with Gasteiger partial charge in [-0.1, -0.05) is 50.2 Å². The summed E-state index contributed by atoms with van der Waals surface area (Å²) in [7, 11) is 2.12. The van der Waals surface area contributed by atoms with Crippen molar-refractivity contribution in [3.63, 3.8) is 0 Å². The van der Waals surface area contributed by atoms with Crippen LogP contribution in [0.1, 0.15) is 84.0 Å². The van der Waals surface area contributed by atoms with Gasteiger partial charge in [0.1, 0.15) is 12.1 Å². The van der Waals surface area contributed by atoms with Crippen LogP contribution in [0, 0.1) is 29.6 Å². The molecule has 3 aliphatic carbocycles.